The molecule has 2 saturated heterocycles. The Morgan fingerprint density at radius 1 is 1.11 bits per heavy atom. The van der Waals surface area contributed by atoms with Crippen LogP contribution >= 0.6 is 0 Å². The van der Waals surface area contributed by atoms with Gasteiger partial charge in [0.1, 0.15) is 6.04 Å². The number of morpholine rings is 1. The lowest BCUT2D eigenvalue weighted by atomic mass is 9.44. The van der Waals surface area contributed by atoms with Crippen molar-refractivity contribution >= 4 is 5.97 Å². The van der Waals surface area contributed by atoms with Crippen LogP contribution in [0, 0.1) is 34.5 Å². The van der Waals surface area contributed by atoms with Gasteiger partial charge in [-0.05, 0) is 73.7 Å². The van der Waals surface area contributed by atoms with E-state index >= 15 is 0 Å². The Kier molecular flexibility index (Phi) is 7.27. The molecule has 1 N–H and O–H groups in total. The van der Waals surface area contributed by atoms with Crippen LogP contribution in [0.3, 0.4) is 0 Å². The third-order valence-corrected chi connectivity index (χ3v) is 13.1. The topological polar surface area (TPSA) is 59.0 Å². The standard InChI is InChI=1S/C32H53N2O4/c1-5-14-34(15-6-7-16-34)28-20-26-24-9-8-23-19-29(36)27(33-12-17-37-18-13-33)21-32(23,4)25(24)10-11-31(26,3)30(28)38-22(2)35/h5,23-30,36H,1,6-21H2,2-4H3/q+1/t23-,24?,25?,26?,27-,28-,29-,30-,31-,32-/m0/s1. The number of esters is 1. The third kappa shape index (κ3) is 4.23. The Hall–Kier alpha value is -0.950. The molecule has 6 heteroatoms. The molecule has 0 amide bonds. The molecule has 4 aliphatic carbocycles. The maximum Gasteiger partial charge on any atom is 0.303 e. The molecule has 0 aromatic heterocycles. The van der Waals surface area contributed by atoms with Gasteiger partial charge in [-0.25, -0.2) is 0 Å². The summed E-state index contributed by atoms with van der Waals surface area (Å²) < 4.78 is 13.1. The van der Waals surface area contributed by atoms with E-state index in [9.17, 15) is 9.90 Å². The molecule has 38 heavy (non-hydrogen) atoms. The van der Waals surface area contributed by atoms with Crippen molar-refractivity contribution in [2.24, 2.45) is 34.5 Å². The molecule has 214 valence electrons. The van der Waals surface area contributed by atoms with E-state index in [2.05, 4.69) is 31.4 Å². The van der Waals surface area contributed by atoms with Crippen LogP contribution in [-0.4, -0.2) is 90.7 Å². The fourth-order valence-corrected chi connectivity index (χ4v) is 11.3. The van der Waals surface area contributed by atoms with E-state index in [1.165, 1.54) is 51.6 Å². The number of hydrogen-bond donors (Lipinski definition) is 1. The minimum atomic E-state index is -0.209. The normalized spacial score (nSPS) is 48.5. The summed E-state index contributed by atoms with van der Waals surface area (Å²) >= 11 is 0. The fraction of sp³-hybridized carbons (Fsp3) is 0.906. The summed E-state index contributed by atoms with van der Waals surface area (Å²) in [6, 6.07) is 0.663. The van der Waals surface area contributed by atoms with Gasteiger partial charge < -0.3 is 19.1 Å². The lowest BCUT2D eigenvalue weighted by molar-refractivity contribution is -0.937. The molecule has 6 nitrogen and oxygen atoms in total. The van der Waals surface area contributed by atoms with Gasteiger partial charge in [0.15, 0.2) is 6.10 Å². The number of nitrogens with zero attached hydrogens (tertiary/aromatic N) is 2. The molecule has 4 saturated carbocycles. The van der Waals surface area contributed by atoms with E-state index in [4.69, 9.17) is 9.47 Å². The second kappa shape index (κ2) is 10.2. The molecular weight excluding hydrogens is 476 g/mol. The van der Waals surface area contributed by atoms with Crippen molar-refractivity contribution in [3.05, 3.63) is 12.7 Å². The second-order valence-corrected chi connectivity index (χ2v) is 14.6. The Morgan fingerprint density at radius 2 is 1.84 bits per heavy atom. The van der Waals surface area contributed by atoms with Gasteiger partial charge in [-0.2, -0.15) is 0 Å². The zero-order valence-electron chi connectivity index (χ0n) is 24.3. The van der Waals surface area contributed by atoms with Crippen molar-refractivity contribution in [1.82, 2.24) is 4.90 Å². The Labute approximate surface area is 230 Å². The van der Waals surface area contributed by atoms with Crippen LogP contribution in [0.5, 0.6) is 0 Å². The highest BCUT2D eigenvalue weighted by atomic mass is 16.5. The van der Waals surface area contributed by atoms with Gasteiger partial charge in [0.2, 0.25) is 0 Å². The summed E-state index contributed by atoms with van der Waals surface area (Å²) in [4.78, 5) is 15.0. The van der Waals surface area contributed by atoms with Gasteiger partial charge in [0.05, 0.1) is 39.0 Å². The maximum atomic E-state index is 12.5. The zero-order valence-corrected chi connectivity index (χ0v) is 24.3. The Morgan fingerprint density at radius 3 is 2.53 bits per heavy atom. The van der Waals surface area contributed by atoms with E-state index < -0.39 is 0 Å². The summed E-state index contributed by atoms with van der Waals surface area (Å²) in [7, 11) is 0. The summed E-state index contributed by atoms with van der Waals surface area (Å²) in [6.45, 7) is 17.7. The van der Waals surface area contributed by atoms with Crippen LogP contribution in [-0.2, 0) is 14.3 Å². The number of hydrogen-bond acceptors (Lipinski definition) is 5. The molecule has 6 rings (SSSR count). The van der Waals surface area contributed by atoms with Gasteiger partial charge in [-0.15, -0.1) is 0 Å². The van der Waals surface area contributed by atoms with Crippen molar-refractivity contribution < 1.29 is 23.9 Å². The van der Waals surface area contributed by atoms with Crippen molar-refractivity contribution in [3.8, 4) is 0 Å². The Bertz CT molecular complexity index is 898. The number of aliphatic hydroxyl groups excluding tert-OH is 1. The molecule has 0 aromatic rings. The number of carbonyl (C=O) groups excluding carboxylic acids is 1. The maximum absolute atomic E-state index is 12.5. The van der Waals surface area contributed by atoms with Gasteiger partial charge in [-0.1, -0.05) is 20.4 Å². The van der Waals surface area contributed by atoms with Crippen LogP contribution in [0.4, 0.5) is 0 Å². The highest BCUT2D eigenvalue weighted by molar-refractivity contribution is 5.66. The average molecular weight is 530 g/mol. The number of likely N-dealkylation sites (tertiary alicyclic amines) is 1. The molecule has 0 aromatic carbocycles. The molecule has 10 atom stereocenters. The number of ether oxygens (including phenoxy) is 2. The van der Waals surface area contributed by atoms with Crippen LogP contribution < -0.4 is 0 Å². The first-order chi connectivity index (χ1) is 18.2. The Balaban J connectivity index is 1.30. The van der Waals surface area contributed by atoms with Crippen LogP contribution in [0.1, 0.15) is 78.6 Å². The summed E-state index contributed by atoms with van der Waals surface area (Å²) in [5, 5.41) is 11.3. The fourth-order valence-electron chi connectivity index (χ4n) is 11.3. The van der Waals surface area contributed by atoms with Crippen LogP contribution in [0.15, 0.2) is 12.7 Å². The molecule has 0 spiro atoms. The van der Waals surface area contributed by atoms with Gasteiger partial charge in [-0.3, -0.25) is 9.69 Å². The van der Waals surface area contributed by atoms with Gasteiger partial charge in [0.25, 0.3) is 0 Å². The van der Waals surface area contributed by atoms with Crippen molar-refractivity contribution in [3.63, 3.8) is 0 Å². The predicted molar refractivity (Wildman–Crippen MR) is 148 cm³/mol. The summed E-state index contributed by atoms with van der Waals surface area (Å²) in [5.41, 5.74) is 0.343. The number of quaternary nitrogens is 1. The highest BCUT2D eigenvalue weighted by Gasteiger charge is 2.67. The molecular formula is C32H53N2O4+. The molecule has 2 aliphatic heterocycles. The average Bonchev–Trinajstić information content (AvgIpc) is 3.48. The van der Waals surface area contributed by atoms with Crippen LogP contribution in [0.2, 0.25) is 0 Å². The molecule has 3 unspecified atom stereocenters. The lowest BCUT2D eigenvalue weighted by Crippen LogP contribution is -2.61. The quantitative estimate of drug-likeness (QED) is 0.325. The van der Waals surface area contributed by atoms with E-state index in [1.807, 2.05) is 0 Å². The molecule has 0 bridgehead atoms. The van der Waals surface area contributed by atoms with Crippen molar-refractivity contribution in [2.45, 2.75) is 103 Å². The number of rotatable bonds is 5. The molecule has 0 radical (unpaired) electrons. The first-order valence-electron chi connectivity index (χ1n) is 15.9. The van der Waals surface area contributed by atoms with E-state index in [0.29, 0.717) is 29.7 Å². The lowest BCUT2D eigenvalue weighted by Gasteiger charge is -2.62. The van der Waals surface area contributed by atoms with Crippen molar-refractivity contribution in [1.29, 1.82) is 0 Å². The van der Waals surface area contributed by atoms with Gasteiger partial charge in [0, 0.05) is 50.7 Å². The summed E-state index contributed by atoms with van der Waals surface area (Å²) in [6.07, 6.45) is 12.7. The summed E-state index contributed by atoms with van der Waals surface area (Å²) in [5.74, 6) is 2.54. The number of aliphatic hydroxyl groups is 1. The largest absolute Gasteiger partial charge is 0.456 e. The minimum absolute atomic E-state index is 0.0174. The van der Waals surface area contributed by atoms with E-state index in [0.717, 1.165) is 56.6 Å². The molecule has 6 fully saturated rings. The van der Waals surface area contributed by atoms with E-state index in [1.54, 1.807) is 6.92 Å². The van der Waals surface area contributed by atoms with Gasteiger partial charge >= 0.3 is 5.97 Å². The predicted octanol–water partition coefficient (Wildman–Crippen LogP) is 4.41. The van der Waals surface area contributed by atoms with Crippen molar-refractivity contribution in [2.75, 3.05) is 45.9 Å². The zero-order chi connectivity index (χ0) is 26.7. The first-order valence-corrected chi connectivity index (χ1v) is 15.9. The first kappa shape index (κ1) is 27.2. The number of carbonyl (C=O) groups is 1. The second-order valence-electron chi connectivity index (χ2n) is 14.6. The number of fused-ring (bicyclic) bond motifs is 5. The SMILES string of the molecule is C=CC[N+]1([C@H]2CC3C4CC[C@H]5C[C@H](O)[C@@H](N6CCOCC6)C[C@]5(C)C4CC[C@]3(C)[C@H]2OC(C)=O)CCCC1. The van der Waals surface area contributed by atoms with E-state index in [-0.39, 0.29) is 35.0 Å². The third-order valence-electron chi connectivity index (χ3n) is 13.1. The highest BCUT2D eigenvalue weighted by Crippen LogP contribution is 2.67. The monoisotopic (exact) mass is 529 g/mol. The molecule has 2 heterocycles. The van der Waals surface area contributed by atoms with Crippen LogP contribution in [0.25, 0.3) is 0 Å². The minimum Gasteiger partial charge on any atom is -0.456 e. The molecule has 6 aliphatic rings. The smallest absolute Gasteiger partial charge is 0.303 e.